The molecule has 2 aromatic rings. The van der Waals surface area contributed by atoms with Gasteiger partial charge in [-0.15, -0.1) is 0 Å². The van der Waals surface area contributed by atoms with Gasteiger partial charge in [-0.2, -0.15) is 0 Å². The summed E-state index contributed by atoms with van der Waals surface area (Å²) in [6.07, 6.45) is 8.81. The van der Waals surface area contributed by atoms with E-state index in [0.29, 0.717) is 53.6 Å². The van der Waals surface area contributed by atoms with Gasteiger partial charge in [0.05, 0.1) is 30.9 Å². The molecule has 4 rings (SSSR count). The number of carbonyl (C=O) groups excluding carboxylic acids is 3. The number of amides is 2. The first-order valence-corrected chi connectivity index (χ1v) is 11.1. The van der Waals surface area contributed by atoms with Crippen LogP contribution in [0.2, 0.25) is 0 Å². The number of hydrogen-bond donors (Lipinski definition) is 2. The molecule has 2 fully saturated rings. The summed E-state index contributed by atoms with van der Waals surface area (Å²) in [6.45, 7) is 0.416. The largest absolute Gasteiger partial charge is 0.331 e. The Kier molecular flexibility index (Phi) is 6.75. The van der Waals surface area contributed by atoms with Crippen molar-refractivity contribution in [2.75, 3.05) is 13.1 Å². The standard InChI is InChI=1S/C21H29N7O4/c1-26-12-24-20-19(26)16(22-11-23-20)9-18(30)17-6-7-25-28(17)21(31)15(10-27(32)13-29)8-14-4-2-3-5-14/h11-15,17,25,32H,2-10H2,1H3/t15-,17+/m1/s1. The molecule has 0 spiro atoms. The molecule has 32 heavy (non-hydrogen) atoms. The molecule has 3 heterocycles. The van der Waals surface area contributed by atoms with E-state index in [0.717, 1.165) is 25.7 Å². The van der Waals surface area contributed by atoms with E-state index in [-0.39, 0.29) is 24.7 Å². The molecule has 0 radical (unpaired) electrons. The summed E-state index contributed by atoms with van der Waals surface area (Å²) in [5.74, 6) is -0.570. The SMILES string of the molecule is Cn1cnc2ncnc(CC(=O)[C@@H]3CCNN3C(=O)[C@H](CC3CCCC3)CN(O)C=O)c21. The van der Waals surface area contributed by atoms with Crippen LogP contribution in [0.25, 0.3) is 11.2 Å². The lowest BCUT2D eigenvalue weighted by Gasteiger charge is -2.30. The third kappa shape index (κ3) is 4.63. The predicted molar refractivity (Wildman–Crippen MR) is 113 cm³/mol. The van der Waals surface area contributed by atoms with Crippen molar-refractivity contribution >= 4 is 29.3 Å². The molecule has 2 atom stereocenters. The number of fused-ring (bicyclic) bond motifs is 1. The molecule has 2 aromatic heterocycles. The minimum Gasteiger partial charge on any atom is -0.331 e. The molecule has 2 N–H and O–H groups in total. The predicted octanol–water partition coefficient (Wildman–Crippen LogP) is 0.625. The van der Waals surface area contributed by atoms with Crippen LogP contribution in [0.4, 0.5) is 0 Å². The molecule has 1 saturated carbocycles. The van der Waals surface area contributed by atoms with E-state index in [2.05, 4.69) is 20.4 Å². The van der Waals surface area contributed by atoms with Crippen molar-refractivity contribution in [3.63, 3.8) is 0 Å². The van der Waals surface area contributed by atoms with E-state index in [4.69, 9.17) is 0 Å². The Hall–Kier alpha value is -2.92. The minimum absolute atomic E-state index is 0.0580. The van der Waals surface area contributed by atoms with Crippen molar-refractivity contribution < 1.29 is 19.6 Å². The summed E-state index contributed by atoms with van der Waals surface area (Å²) in [5, 5.41) is 11.7. The Morgan fingerprint density at radius 3 is 2.81 bits per heavy atom. The number of rotatable bonds is 9. The van der Waals surface area contributed by atoms with E-state index in [1.54, 1.807) is 10.9 Å². The van der Waals surface area contributed by atoms with Gasteiger partial charge in [0.15, 0.2) is 11.4 Å². The minimum atomic E-state index is -0.629. The maximum Gasteiger partial charge on any atom is 0.242 e. The van der Waals surface area contributed by atoms with E-state index >= 15 is 0 Å². The number of nitrogens with zero attached hydrogens (tertiary/aromatic N) is 6. The molecule has 0 bridgehead atoms. The molecule has 1 aliphatic carbocycles. The highest BCUT2D eigenvalue weighted by molar-refractivity contribution is 5.93. The maximum atomic E-state index is 13.4. The van der Waals surface area contributed by atoms with E-state index in [9.17, 15) is 19.6 Å². The lowest BCUT2D eigenvalue weighted by Crippen LogP contribution is -2.51. The number of nitrogens with one attached hydrogen (secondary N) is 1. The second-order valence-corrected chi connectivity index (χ2v) is 8.72. The molecular formula is C21H29N7O4. The Bertz CT molecular complexity index is 988. The smallest absolute Gasteiger partial charge is 0.242 e. The average Bonchev–Trinajstić information content (AvgIpc) is 3.54. The lowest BCUT2D eigenvalue weighted by molar-refractivity contribution is -0.159. The van der Waals surface area contributed by atoms with E-state index < -0.39 is 12.0 Å². The Morgan fingerprint density at radius 1 is 1.28 bits per heavy atom. The van der Waals surface area contributed by atoms with Crippen molar-refractivity contribution in [3.8, 4) is 0 Å². The molecule has 0 unspecified atom stereocenters. The first kappa shape index (κ1) is 22.3. The number of aromatic nitrogens is 4. The molecule has 1 saturated heterocycles. The molecule has 11 heteroatoms. The van der Waals surface area contributed by atoms with Gasteiger partial charge in [0.2, 0.25) is 12.3 Å². The number of Topliss-reactive ketones (excluding diaryl/α,β-unsaturated/α-hetero) is 1. The number of aryl methyl sites for hydroxylation is 1. The Morgan fingerprint density at radius 2 is 2.06 bits per heavy atom. The fraction of sp³-hybridized carbons (Fsp3) is 0.619. The summed E-state index contributed by atoms with van der Waals surface area (Å²) >= 11 is 0. The van der Waals surface area contributed by atoms with Gasteiger partial charge in [0, 0.05) is 13.6 Å². The second-order valence-electron chi connectivity index (χ2n) is 8.72. The molecule has 2 aliphatic rings. The van der Waals surface area contributed by atoms with Crippen LogP contribution in [0.5, 0.6) is 0 Å². The number of imidazole rings is 1. The summed E-state index contributed by atoms with van der Waals surface area (Å²) < 4.78 is 1.78. The number of hydroxylamine groups is 2. The van der Waals surface area contributed by atoms with Gasteiger partial charge in [-0.05, 0) is 18.8 Å². The number of ketones is 1. The van der Waals surface area contributed by atoms with Crippen molar-refractivity contribution in [2.45, 2.75) is 51.0 Å². The van der Waals surface area contributed by atoms with Crippen LogP contribution in [0.1, 0.15) is 44.2 Å². The highest BCUT2D eigenvalue weighted by Gasteiger charge is 2.39. The zero-order valence-electron chi connectivity index (χ0n) is 18.2. The van der Waals surface area contributed by atoms with Crippen LogP contribution in [-0.2, 0) is 27.9 Å². The van der Waals surface area contributed by atoms with E-state index in [1.807, 2.05) is 7.05 Å². The summed E-state index contributed by atoms with van der Waals surface area (Å²) in [6, 6.07) is -0.629. The highest BCUT2D eigenvalue weighted by Crippen LogP contribution is 2.32. The summed E-state index contributed by atoms with van der Waals surface area (Å²) in [7, 11) is 1.82. The fourth-order valence-electron chi connectivity index (χ4n) is 4.94. The van der Waals surface area contributed by atoms with Crippen LogP contribution in [0, 0.1) is 11.8 Å². The fourth-order valence-corrected chi connectivity index (χ4v) is 4.94. The Balaban J connectivity index is 1.50. The Labute approximate surface area is 185 Å². The third-order valence-corrected chi connectivity index (χ3v) is 6.52. The maximum absolute atomic E-state index is 13.4. The van der Waals surface area contributed by atoms with Crippen molar-refractivity contribution in [1.82, 2.24) is 35.0 Å². The van der Waals surface area contributed by atoms with Crippen LogP contribution in [-0.4, -0.2) is 72.0 Å². The van der Waals surface area contributed by atoms with Crippen LogP contribution in [0.15, 0.2) is 12.7 Å². The molecule has 1 aliphatic heterocycles. The van der Waals surface area contributed by atoms with Gasteiger partial charge >= 0.3 is 0 Å². The van der Waals surface area contributed by atoms with Gasteiger partial charge in [-0.1, -0.05) is 25.7 Å². The van der Waals surface area contributed by atoms with Gasteiger partial charge in [-0.3, -0.25) is 24.6 Å². The first-order chi connectivity index (χ1) is 15.5. The topological polar surface area (TPSA) is 134 Å². The van der Waals surface area contributed by atoms with Gasteiger partial charge in [-0.25, -0.2) is 25.4 Å². The number of hydrazine groups is 1. The molecule has 2 amide bonds. The first-order valence-electron chi connectivity index (χ1n) is 11.1. The van der Waals surface area contributed by atoms with Crippen LogP contribution < -0.4 is 5.43 Å². The average molecular weight is 444 g/mol. The van der Waals surface area contributed by atoms with Crippen molar-refractivity contribution in [2.24, 2.45) is 18.9 Å². The highest BCUT2D eigenvalue weighted by atomic mass is 16.5. The molecule has 0 aromatic carbocycles. The normalized spacial score (nSPS) is 20.1. The molecular weight excluding hydrogens is 414 g/mol. The zero-order chi connectivity index (χ0) is 22.7. The van der Waals surface area contributed by atoms with Crippen LogP contribution in [0.3, 0.4) is 0 Å². The van der Waals surface area contributed by atoms with E-state index in [1.165, 1.54) is 11.3 Å². The van der Waals surface area contributed by atoms with Crippen LogP contribution >= 0.6 is 0 Å². The zero-order valence-corrected chi connectivity index (χ0v) is 18.2. The van der Waals surface area contributed by atoms with Crippen molar-refractivity contribution in [3.05, 3.63) is 18.3 Å². The molecule has 172 valence electrons. The monoisotopic (exact) mass is 443 g/mol. The summed E-state index contributed by atoms with van der Waals surface area (Å²) in [5.41, 5.74) is 4.84. The number of hydrogen-bond acceptors (Lipinski definition) is 8. The van der Waals surface area contributed by atoms with Gasteiger partial charge in [0.25, 0.3) is 0 Å². The molecule has 11 nitrogen and oxygen atoms in total. The summed E-state index contributed by atoms with van der Waals surface area (Å²) in [4.78, 5) is 50.2. The quantitative estimate of drug-likeness (QED) is 0.327. The van der Waals surface area contributed by atoms with Gasteiger partial charge in [0.1, 0.15) is 17.9 Å². The van der Waals surface area contributed by atoms with Crippen molar-refractivity contribution in [1.29, 1.82) is 0 Å². The lowest BCUT2D eigenvalue weighted by atomic mass is 9.91. The number of carbonyl (C=O) groups is 3. The third-order valence-electron chi connectivity index (χ3n) is 6.52. The second kappa shape index (κ2) is 9.70. The van der Waals surface area contributed by atoms with Gasteiger partial charge < -0.3 is 4.57 Å².